The van der Waals surface area contributed by atoms with Crippen LogP contribution >= 0.6 is 11.8 Å². The van der Waals surface area contributed by atoms with Crippen LogP contribution in [-0.2, 0) is 0 Å². The van der Waals surface area contributed by atoms with E-state index >= 15 is 0 Å². The highest BCUT2D eigenvalue weighted by molar-refractivity contribution is 7.99. The molecule has 0 saturated carbocycles. The molecular weight excluding hydrogens is 234 g/mol. The Balaban J connectivity index is 1.74. The van der Waals surface area contributed by atoms with Crippen LogP contribution in [0.2, 0.25) is 0 Å². The second kappa shape index (κ2) is 5.96. The predicted molar refractivity (Wildman–Crippen MR) is 69.5 cm³/mol. The van der Waals surface area contributed by atoms with Gasteiger partial charge in [-0.25, -0.2) is 4.79 Å². The molecule has 0 spiro atoms. The summed E-state index contributed by atoms with van der Waals surface area (Å²) in [5.41, 5.74) is 0. The summed E-state index contributed by atoms with van der Waals surface area (Å²) in [5, 5.41) is 8.85. The number of likely N-dealkylation sites (tertiary alicyclic amines) is 1. The molecule has 92 valence electrons. The van der Waals surface area contributed by atoms with Crippen LogP contribution in [-0.4, -0.2) is 34.9 Å². The molecule has 3 nitrogen and oxygen atoms in total. The Morgan fingerprint density at radius 3 is 2.53 bits per heavy atom. The zero-order valence-corrected chi connectivity index (χ0v) is 10.5. The van der Waals surface area contributed by atoms with E-state index < -0.39 is 6.09 Å². The first-order chi connectivity index (χ1) is 8.25. The minimum atomic E-state index is -0.779. The maximum atomic E-state index is 10.8. The van der Waals surface area contributed by atoms with Crippen molar-refractivity contribution >= 4 is 17.9 Å². The monoisotopic (exact) mass is 251 g/mol. The van der Waals surface area contributed by atoms with Crippen LogP contribution in [0.15, 0.2) is 35.2 Å². The van der Waals surface area contributed by atoms with Gasteiger partial charge in [-0.1, -0.05) is 18.2 Å². The summed E-state index contributed by atoms with van der Waals surface area (Å²) in [6.45, 7) is 1.38. The van der Waals surface area contributed by atoms with Gasteiger partial charge in [-0.05, 0) is 30.9 Å². The van der Waals surface area contributed by atoms with Crippen molar-refractivity contribution in [3.8, 4) is 0 Å². The molecule has 0 aliphatic carbocycles. The Bertz CT molecular complexity index is 361. The highest BCUT2D eigenvalue weighted by atomic mass is 32.2. The number of thioether (sulfide) groups is 1. The van der Waals surface area contributed by atoms with Gasteiger partial charge < -0.3 is 10.0 Å². The topological polar surface area (TPSA) is 40.5 Å². The molecular formula is C13H17NO2S. The van der Waals surface area contributed by atoms with Crippen LogP contribution in [0.1, 0.15) is 12.8 Å². The Labute approximate surface area is 106 Å². The Hall–Kier alpha value is -1.16. The van der Waals surface area contributed by atoms with Crippen LogP contribution in [0.5, 0.6) is 0 Å². The number of hydrogen-bond acceptors (Lipinski definition) is 2. The van der Waals surface area contributed by atoms with Gasteiger partial charge in [-0.3, -0.25) is 0 Å². The van der Waals surface area contributed by atoms with Gasteiger partial charge in [0.2, 0.25) is 0 Å². The van der Waals surface area contributed by atoms with Crippen molar-refractivity contribution in [2.75, 3.05) is 18.8 Å². The van der Waals surface area contributed by atoms with Crippen LogP contribution in [0.3, 0.4) is 0 Å². The molecule has 0 unspecified atom stereocenters. The molecule has 17 heavy (non-hydrogen) atoms. The number of benzene rings is 1. The first kappa shape index (κ1) is 12.3. The first-order valence-corrected chi connectivity index (χ1v) is 6.90. The van der Waals surface area contributed by atoms with Crippen molar-refractivity contribution in [1.29, 1.82) is 0 Å². The number of carboxylic acid groups (broad SMARTS) is 1. The molecule has 1 aliphatic heterocycles. The quantitative estimate of drug-likeness (QED) is 0.839. The van der Waals surface area contributed by atoms with Crippen LogP contribution in [0, 0.1) is 5.92 Å². The molecule has 1 amide bonds. The average Bonchev–Trinajstić information content (AvgIpc) is 2.38. The lowest BCUT2D eigenvalue weighted by atomic mass is 9.99. The van der Waals surface area contributed by atoms with Crippen molar-refractivity contribution < 1.29 is 9.90 Å². The zero-order valence-electron chi connectivity index (χ0n) is 9.71. The fraction of sp³-hybridized carbons (Fsp3) is 0.462. The molecule has 1 fully saturated rings. The minimum absolute atomic E-state index is 0.649. The number of hydrogen-bond donors (Lipinski definition) is 1. The number of amides is 1. The normalized spacial score (nSPS) is 17.1. The number of carbonyl (C=O) groups is 1. The third-order valence-corrected chi connectivity index (χ3v) is 4.36. The molecule has 1 saturated heterocycles. The van der Waals surface area contributed by atoms with E-state index in [1.807, 2.05) is 17.8 Å². The molecule has 1 aromatic carbocycles. The largest absolute Gasteiger partial charge is 0.465 e. The predicted octanol–water partition coefficient (Wildman–Crippen LogP) is 3.17. The molecule has 0 atom stereocenters. The number of piperidine rings is 1. The zero-order chi connectivity index (χ0) is 12.1. The van der Waals surface area contributed by atoms with Crippen molar-refractivity contribution in [1.82, 2.24) is 4.90 Å². The standard InChI is InChI=1S/C13H17NO2S/c15-13(16)14-8-6-11(7-9-14)10-17-12-4-2-1-3-5-12/h1-5,11H,6-10H2,(H,15,16). The molecule has 0 aromatic heterocycles. The lowest BCUT2D eigenvalue weighted by molar-refractivity contribution is 0.127. The third-order valence-electron chi connectivity index (χ3n) is 3.11. The molecule has 1 N–H and O–H groups in total. The summed E-state index contributed by atoms with van der Waals surface area (Å²) in [6.07, 6.45) is 1.21. The summed E-state index contributed by atoms with van der Waals surface area (Å²) in [5.74, 6) is 1.74. The SMILES string of the molecule is O=C(O)N1CCC(CSc2ccccc2)CC1. The minimum Gasteiger partial charge on any atom is -0.465 e. The van der Waals surface area contributed by atoms with E-state index in [0.29, 0.717) is 19.0 Å². The Morgan fingerprint density at radius 2 is 1.94 bits per heavy atom. The Morgan fingerprint density at radius 1 is 1.29 bits per heavy atom. The molecule has 0 radical (unpaired) electrons. The second-order valence-corrected chi connectivity index (χ2v) is 5.43. The van der Waals surface area contributed by atoms with E-state index in [4.69, 9.17) is 5.11 Å². The van der Waals surface area contributed by atoms with Gasteiger partial charge in [-0.15, -0.1) is 11.8 Å². The fourth-order valence-electron chi connectivity index (χ4n) is 2.02. The van der Waals surface area contributed by atoms with Crippen molar-refractivity contribution in [2.24, 2.45) is 5.92 Å². The van der Waals surface area contributed by atoms with E-state index in [9.17, 15) is 4.79 Å². The van der Waals surface area contributed by atoms with E-state index in [-0.39, 0.29) is 0 Å². The third kappa shape index (κ3) is 3.66. The average molecular weight is 251 g/mol. The highest BCUT2D eigenvalue weighted by Crippen LogP contribution is 2.26. The molecule has 1 heterocycles. The van der Waals surface area contributed by atoms with Gasteiger partial charge in [0, 0.05) is 23.7 Å². The van der Waals surface area contributed by atoms with Gasteiger partial charge in [0.25, 0.3) is 0 Å². The molecule has 1 aliphatic rings. The van der Waals surface area contributed by atoms with Gasteiger partial charge in [0.1, 0.15) is 0 Å². The number of rotatable bonds is 3. The summed E-state index contributed by atoms with van der Waals surface area (Å²) >= 11 is 1.87. The van der Waals surface area contributed by atoms with Crippen LogP contribution < -0.4 is 0 Å². The van der Waals surface area contributed by atoms with Gasteiger partial charge in [0.15, 0.2) is 0 Å². The van der Waals surface area contributed by atoms with E-state index in [0.717, 1.165) is 18.6 Å². The lowest BCUT2D eigenvalue weighted by Gasteiger charge is -2.29. The van der Waals surface area contributed by atoms with Gasteiger partial charge >= 0.3 is 6.09 Å². The second-order valence-electron chi connectivity index (χ2n) is 4.34. The summed E-state index contributed by atoms with van der Waals surface area (Å²) in [4.78, 5) is 13.6. The maximum Gasteiger partial charge on any atom is 0.407 e. The smallest absolute Gasteiger partial charge is 0.407 e. The first-order valence-electron chi connectivity index (χ1n) is 5.91. The number of nitrogens with zero attached hydrogens (tertiary/aromatic N) is 1. The van der Waals surface area contributed by atoms with Gasteiger partial charge in [0.05, 0.1) is 0 Å². The van der Waals surface area contributed by atoms with E-state index in [1.54, 1.807) is 0 Å². The summed E-state index contributed by atoms with van der Waals surface area (Å²) in [6, 6.07) is 10.4. The molecule has 1 aromatic rings. The fourth-order valence-corrected chi connectivity index (χ4v) is 3.13. The Kier molecular flexibility index (Phi) is 4.31. The highest BCUT2D eigenvalue weighted by Gasteiger charge is 2.21. The lowest BCUT2D eigenvalue weighted by Crippen LogP contribution is -2.37. The van der Waals surface area contributed by atoms with Crippen molar-refractivity contribution in [3.05, 3.63) is 30.3 Å². The molecule has 2 rings (SSSR count). The van der Waals surface area contributed by atoms with E-state index in [1.165, 1.54) is 9.80 Å². The van der Waals surface area contributed by atoms with Crippen molar-refractivity contribution in [2.45, 2.75) is 17.7 Å². The summed E-state index contributed by atoms with van der Waals surface area (Å²) in [7, 11) is 0. The van der Waals surface area contributed by atoms with Crippen LogP contribution in [0.4, 0.5) is 4.79 Å². The van der Waals surface area contributed by atoms with Crippen LogP contribution in [0.25, 0.3) is 0 Å². The summed E-state index contributed by atoms with van der Waals surface area (Å²) < 4.78 is 0. The maximum absolute atomic E-state index is 10.8. The van der Waals surface area contributed by atoms with Gasteiger partial charge in [-0.2, -0.15) is 0 Å². The van der Waals surface area contributed by atoms with Crippen molar-refractivity contribution in [3.63, 3.8) is 0 Å². The molecule has 4 heteroatoms. The van der Waals surface area contributed by atoms with E-state index in [2.05, 4.69) is 24.3 Å². The molecule has 0 bridgehead atoms.